The highest BCUT2D eigenvalue weighted by molar-refractivity contribution is 5.74. The molecular formula is C6H5FN2O. The number of hydrogen-bond donors (Lipinski definition) is 1. The van der Waals surface area contributed by atoms with Crippen molar-refractivity contribution in [3.8, 4) is 0 Å². The number of carbonyl (C=O) groups is 1. The summed E-state index contributed by atoms with van der Waals surface area (Å²) < 4.78 is 12.6. The monoisotopic (exact) mass is 140 g/mol. The Morgan fingerprint density at radius 1 is 1.70 bits per heavy atom. The SMILES string of the molecule is Nc1ccnc(C=O)c1F. The van der Waals surface area contributed by atoms with Gasteiger partial charge in [0.15, 0.2) is 12.1 Å². The summed E-state index contributed by atoms with van der Waals surface area (Å²) in [7, 11) is 0. The average Bonchev–Trinajstić information content (AvgIpc) is 1.95. The molecule has 0 fully saturated rings. The minimum Gasteiger partial charge on any atom is -0.396 e. The first-order valence-electron chi connectivity index (χ1n) is 2.61. The van der Waals surface area contributed by atoms with Gasteiger partial charge in [-0.3, -0.25) is 9.78 Å². The third-order valence-electron chi connectivity index (χ3n) is 1.06. The molecule has 3 nitrogen and oxygen atoms in total. The lowest BCUT2D eigenvalue weighted by molar-refractivity contribution is 0.111. The van der Waals surface area contributed by atoms with Gasteiger partial charge in [0.25, 0.3) is 0 Å². The Balaban J connectivity index is 3.27. The van der Waals surface area contributed by atoms with E-state index in [0.717, 1.165) is 0 Å². The van der Waals surface area contributed by atoms with E-state index in [2.05, 4.69) is 4.98 Å². The summed E-state index contributed by atoms with van der Waals surface area (Å²) in [5.41, 5.74) is 4.81. The molecule has 0 unspecified atom stereocenters. The number of halogens is 1. The average molecular weight is 140 g/mol. The Bertz CT molecular complexity index is 262. The van der Waals surface area contributed by atoms with Crippen LogP contribution in [0, 0.1) is 5.82 Å². The van der Waals surface area contributed by atoms with Crippen LogP contribution >= 0.6 is 0 Å². The second kappa shape index (κ2) is 2.43. The molecule has 0 aromatic carbocycles. The summed E-state index contributed by atoms with van der Waals surface area (Å²) in [6.07, 6.45) is 1.60. The van der Waals surface area contributed by atoms with Crippen LogP contribution in [0.4, 0.5) is 10.1 Å². The molecule has 1 heterocycles. The molecule has 1 aromatic heterocycles. The van der Waals surface area contributed by atoms with Gasteiger partial charge in [-0.25, -0.2) is 4.39 Å². The van der Waals surface area contributed by atoms with Gasteiger partial charge in [-0.15, -0.1) is 0 Å². The molecule has 0 bridgehead atoms. The van der Waals surface area contributed by atoms with E-state index in [1.807, 2.05) is 0 Å². The van der Waals surface area contributed by atoms with Crippen LogP contribution in [0.5, 0.6) is 0 Å². The van der Waals surface area contributed by atoms with Gasteiger partial charge in [0.05, 0.1) is 5.69 Å². The molecule has 52 valence electrons. The number of carbonyl (C=O) groups excluding carboxylic acids is 1. The molecule has 4 heteroatoms. The summed E-state index contributed by atoms with van der Waals surface area (Å²) in [6.45, 7) is 0. The normalized spacial score (nSPS) is 9.30. The fourth-order valence-electron chi connectivity index (χ4n) is 0.558. The van der Waals surface area contributed by atoms with Crippen LogP contribution in [-0.4, -0.2) is 11.3 Å². The van der Waals surface area contributed by atoms with Gasteiger partial charge in [-0.1, -0.05) is 0 Å². The molecule has 10 heavy (non-hydrogen) atoms. The van der Waals surface area contributed by atoms with Crippen LogP contribution in [0.3, 0.4) is 0 Å². The zero-order chi connectivity index (χ0) is 7.56. The smallest absolute Gasteiger partial charge is 0.175 e. The number of rotatable bonds is 1. The number of nitrogens with two attached hydrogens (primary N) is 1. The van der Waals surface area contributed by atoms with Gasteiger partial charge in [-0.05, 0) is 6.07 Å². The molecule has 0 saturated carbocycles. The highest BCUT2D eigenvalue weighted by atomic mass is 19.1. The Morgan fingerprint density at radius 3 is 2.90 bits per heavy atom. The molecule has 2 N–H and O–H groups in total. The standard InChI is InChI=1S/C6H5FN2O/c7-6-4(8)1-2-9-5(6)3-10/h1-3H,(H2,8,9). The van der Waals surface area contributed by atoms with E-state index in [4.69, 9.17) is 5.73 Å². The maximum Gasteiger partial charge on any atom is 0.175 e. The second-order valence-corrected chi connectivity index (χ2v) is 1.72. The van der Waals surface area contributed by atoms with Crippen LogP contribution in [-0.2, 0) is 0 Å². The molecule has 0 aliphatic heterocycles. The molecule has 1 rings (SSSR count). The van der Waals surface area contributed by atoms with Gasteiger partial charge in [0.1, 0.15) is 5.69 Å². The largest absolute Gasteiger partial charge is 0.396 e. The number of aromatic nitrogens is 1. The lowest BCUT2D eigenvalue weighted by atomic mass is 10.3. The number of pyridine rings is 1. The lowest BCUT2D eigenvalue weighted by Crippen LogP contribution is -1.97. The van der Waals surface area contributed by atoms with Crippen molar-refractivity contribution in [2.45, 2.75) is 0 Å². The molecular weight excluding hydrogens is 135 g/mol. The number of hydrogen-bond acceptors (Lipinski definition) is 3. The van der Waals surface area contributed by atoms with Crippen LogP contribution in [0.2, 0.25) is 0 Å². The van der Waals surface area contributed by atoms with Crippen molar-refractivity contribution in [1.82, 2.24) is 4.98 Å². The summed E-state index contributed by atoms with van der Waals surface area (Å²) in [5.74, 6) is -0.752. The van der Waals surface area contributed by atoms with Crippen LogP contribution in [0.1, 0.15) is 10.5 Å². The molecule has 0 amide bonds. The molecule has 0 atom stereocenters. The Labute approximate surface area is 56.7 Å². The quantitative estimate of drug-likeness (QED) is 0.581. The molecule has 0 aliphatic rings. The molecule has 0 aliphatic carbocycles. The number of nitrogen functional groups attached to an aromatic ring is 1. The Kier molecular flexibility index (Phi) is 1.62. The van der Waals surface area contributed by atoms with Crippen molar-refractivity contribution in [3.63, 3.8) is 0 Å². The van der Waals surface area contributed by atoms with E-state index in [1.165, 1.54) is 12.3 Å². The zero-order valence-electron chi connectivity index (χ0n) is 5.04. The van der Waals surface area contributed by atoms with Crippen molar-refractivity contribution < 1.29 is 9.18 Å². The van der Waals surface area contributed by atoms with Crippen LogP contribution in [0.15, 0.2) is 12.3 Å². The minimum atomic E-state index is -0.752. The summed E-state index contributed by atoms with van der Waals surface area (Å²) in [4.78, 5) is 13.5. The van der Waals surface area contributed by atoms with Crippen molar-refractivity contribution in [2.75, 3.05) is 5.73 Å². The van der Waals surface area contributed by atoms with Gasteiger partial charge in [0, 0.05) is 6.20 Å². The van der Waals surface area contributed by atoms with Crippen LogP contribution < -0.4 is 5.73 Å². The third-order valence-corrected chi connectivity index (χ3v) is 1.06. The zero-order valence-corrected chi connectivity index (χ0v) is 5.04. The van der Waals surface area contributed by atoms with E-state index in [-0.39, 0.29) is 11.4 Å². The summed E-state index contributed by atoms with van der Waals surface area (Å²) >= 11 is 0. The fraction of sp³-hybridized carbons (Fsp3) is 0. The van der Waals surface area contributed by atoms with Crippen molar-refractivity contribution in [3.05, 3.63) is 23.8 Å². The third kappa shape index (κ3) is 0.953. The number of anilines is 1. The summed E-state index contributed by atoms with van der Waals surface area (Å²) in [6, 6.07) is 1.29. The Morgan fingerprint density at radius 2 is 2.40 bits per heavy atom. The second-order valence-electron chi connectivity index (χ2n) is 1.72. The molecule has 0 saturated heterocycles. The highest BCUT2D eigenvalue weighted by Gasteiger charge is 2.03. The van der Waals surface area contributed by atoms with Crippen molar-refractivity contribution >= 4 is 12.0 Å². The maximum absolute atomic E-state index is 12.6. The number of aldehydes is 1. The van der Waals surface area contributed by atoms with Gasteiger partial charge < -0.3 is 5.73 Å². The number of nitrogens with zero attached hydrogens (tertiary/aromatic N) is 1. The van der Waals surface area contributed by atoms with E-state index in [0.29, 0.717) is 6.29 Å². The van der Waals surface area contributed by atoms with Crippen molar-refractivity contribution in [2.24, 2.45) is 0 Å². The van der Waals surface area contributed by atoms with E-state index < -0.39 is 5.82 Å². The topological polar surface area (TPSA) is 56.0 Å². The van der Waals surface area contributed by atoms with Gasteiger partial charge in [-0.2, -0.15) is 0 Å². The van der Waals surface area contributed by atoms with Gasteiger partial charge >= 0.3 is 0 Å². The lowest BCUT2D eigenvalue weighted by Gasteiger charge is -1.94. The van der Waals surface area contributed by atoms with E-state index in [1.54, 1.807) is 0 Å². The predicted octanol–water partition coefficient (Wildman–Crippen LogP) is 0.615. The fourth-order valence-corrected chi connectivity index (χ4v) is 0.558. The first kappa shape index (κ1) is 6.67. The van der Waals surface area contributed by atoms with E-state index >= 15 is 0 Å². The minimum absolute atomic E-state index is 0.0582. The first-order valence-corrected chi connectivity index (χ1v) is 2.61. The maximum atomic E-state index is 12.6. The van der Waals surface area contributed by atoms with Gasteiger partial charge in [0.2, 0.25) is 0 Å². The van der Waals surface area contributed by atoms with Crippen molar-refractivity contribution in [1.29, 1.82) is 0 Å². The molecule has 1 aromatic rings. The summed E-state index contributed by atoms with van der Waals surface area (Å²) in [5, 5.41) is 0. The molecule has 0 spiro atoms. The molecule has 0 radical (unpaired) electrons. The first-order chi connectivity index (χ1) is 4.75. The Hall–Kier alpha value is -1.45. The van der Waals surface area contributed by atoms with E-state index in [9.17, 15) is 9.18 Å². The highest BCUT2D eigenvalue weighted by Crippen LogP contribution is 2.08. The van der Waals surface area contributed by atoms with Crippen LogP contribution in [0.25, 0.3) is 0 Å². The predicted molar refractivity (Wildman–Crippen MR) is 34.0 cm³/mol.